The highest BCUT2D eigenvalue weighted by Gasteiger charge is 2.16. The SMILES string of the molecule is CC(=O)C(COC(=S)N(C)C)Cc1ccccc1.NC(=O)S. The molecule has 0 saturated carbocycles. The molecule has 0 aliphatic rings. The number of ketones is 1. The zero-order valence-electron chi connectivity index (χ0n) is 13.0. The van der Waals surface area contributed by atoms with Crippen molar-refractivity contribution in [3.05, 3.63) is 35.9 Å². The van der Waals surface area contributed by atoms with Crippen molar-refractivity contribution >= 4 is 41.0 Å². The van der Waals surface area contributed by atoms with Crippen LogP contribution in [-0.4, -0.2) is 41.8 Å². The summed E-state index contributed by atoms with van der Waals surface area (Å²) in [7, 11) is 3.64. The van der Waals surface area contributed by atoms with Gasteiger partial charge in [0.2, 0.25) is 0 Å². The van der Waals surface area contributed by atoms with E-state index >= 15 is 0 Å². The molecule has 0 heterocycles. The lowest BCUT2D eigenvalue weighted by Crippen LogP contribution is -2.28. The molecular formula is C15H22N2O3S2. The second kappa shape index (κ2) is 11.0. The molecule has 22 heavy (non-hydrogen) atoms. The molecule has 5 nitrogen and oxygen atoms in total. The molecule has 0 saturated heterocycles. The van der Waals surface area contributed by atoms with Crippen LogP contribution in [0.15, 0.2) is 30.3 Å². The molecule has 2 N–H and O–H groups in total. The summed E-state index contributed by atoms with van der Waals surface area (Å²) in [5, 5.41) is -0.227. The van der Waals surface area contributed by atoms with E-state index in [-0.39, 0.29) is 11.7 Å². The monoisotopic (exact) mass is 342 g/mol. The van der Waals surface area contributed by atoms with Crippen LogP contribution in [0.2, 0.25) is 0 Å². The summed E-state index contributed by atoms with van der Waals surface area (Å²) >= 11 is 8.14. The normalized spacial score (nSPS) is 10.7. The molecule has 1 aromatic rings. The Hall–Kier alpha value is -1.60. The smallest absolute Gasteiger partial charge is 0.273 e. The Bertz CT molecular complexity index is 489. The highest BCUT2D eigenvalue weighted by Crippen LogP contribution is 2.11. The number of hydrogen-bond acceptors (Lipinski definition) is 4. The Labute approximate surface area is 142 Å². The fourth-order valence-corrected chi connectivity index (χ4v) is 1.59. The number of carbonyl (C=O) groups is 2. The molecule has 122 valence electrons. The van der Waals surface area contributed by atoms with Gasteiger partial charge in [0.15, 0.2) is 0 Å². The molecule has 0 aliphatic carbocycles. The van der Waals surface area contributed by atoms with Crippen LogP contribution in [-0.2, 0) is 16.0 Å². The topological polar surface area (TPSA) is 72.6 Å². The molecule has 7 heteroatoms. The Morgan fingerprint density at radius 1 is 1.32 bits per heavy atom. The number of thiocarbonyl (C=S) groups is 1. The lowest BCUT2D eigenvalue weighted by atomic mass is 9.97. The first-order chi connectivity index (χ1) is 10.2. The van der Waals surface area contributed by atoms with Crippen molar-refractivity contribution in [3.8, 4) is 0 Å². The second-order valence-corrected chi connectivity index (χ2v) is 5.60. The van der Waals surface area contributed by atoms with Gasteiger partial charge in [-0.1, -0.05) is 43.0 Å². The summed E-state index contributed by atoms with van der Waals surface area (Å²) in [5.41, 5.74) is 5.47. The van der Waals surface area contributed by atoms with Crippen LogP contribution in [0.1, 0.15) is 12.5 Å². The van der Waals surface area contributed by atoms with Gasteiger partial charge < -0.3 is 15.4 Å². The van der Waals surface area contributed by atoms with Crippen LogP contribution in [0.25, 0.3) is 0 Å². The number of carbonyl (C=O) groups excluding carboxylic acids is 2. The summed E-state index contributed by atoms with van der Waals surface area (Å²) in [6, 6.07) is 9.93. The molecule has 1 amide bonds. The second-order valence-electron chi connectivity index (χ2n) is 4.81. The minimum atomic E-state index is -0.639. The van der Waals surface area contributed by atoms with Gasteiger partial charge in [0.05, 0.1) is 5.92 Å². The fourth-order valence-electron chi connectivity index (χ4n) is 1.52. The van der Waals surface area contributed by atoms with E-state index in [1.54, 1.807) is 11.8 Å². The zero-order valence-corrected chi connectivity index (χ0v) is 14.7. The first kappa shape index (κ1) is 20.4. The van der Waals surface area contributed by atoms with Crippen LogP contribution in [0.5, 0.6) is 0 Å². The van der Waals surface area contributed by atoms with E-state index in [1.165, 1.54) is 0 Å². The Morgan fingerprint density at radius 2 is 1.82 bits per heavy atom. The van der Waals surface area contributed by atoms with E-state index in [0.717, 1.165) is 5.56 Å². The quantitative estimate of drug-likeness (QED) is 0.634. The standard InChI is InChI=1S/C14H19NO2S.CH3NOS/c1-11(16)13(10-17-14(18)15(2)3)9-12-7-5-4-6-8-12;2-1(3)4/h4-8,13H,9-10H2,1-3H3;(H3,2,3,4). The molecule has 0 radical (unpaired) electrons. The van der Waals surface area contributed by atoms with Gasteiger partial charge in [-0.2, -0.15) is 0 Å². The van der Waals surface area contributed by atoms with Gasteiger partial charge in [-0.25, -0.2) is 0 Å². The van der Waals surface area contributed by atoms with Crippen LogP contribution in [0.3, 0.4) is 0 Å². The zero-order chi connectivity index (χ0) is 17.1. The molecule has 0 aliphatic heterocycles. The number of thiol groups is 1. The molecule has 1 rings (SSSR count). The van der Waals surface area contributed by atoms with Crippen LogP contribution >= 0.6 is 24.8 Å². The summed E-state index contributed by atoms with van der Waals surface area (Å²) in [4.78, 5) is 22.4. The van der Waals surface area contributed by atoms with E-state index in [0.29, 0.717) is 18.2 Å². The predicted octanol–water partition coefficient (Wildman–Crippen LogP) is 2.29. The average molecular weight is 342 g/mol. The number of benzene rings is 1. The highest BCUT2D eigenvalue weighted by molar-refractivity contribution is 7.96. The molecule has 0 spiro atoms. The van der Waals surface area contributed by atoms with E-state index < -0.39 is 5.24 Å². The van der Waals surface area contributed by atoms with Crippen molar-refractivity contribution in [1.82, 2.24) is 4.90 Å². The van der Waals surface area contributed by atoms with Crippen molar-refractivity contribution in [1.29, 1.82) is 0 Å². The maximum absolute atomic E-state index is 11.6. The van der Waals surface area contributed by atoms with Gasteiger partial charge in [0, 0.05) is 14.1 Å². The molecule has 0 aromatic heterocycles. The van der Waals surface area contributed by atoms with Gasteiger partial charge in [-0.15, -0.1) is 0 Å². The third kappa shape index (κ3) is 10.2. The van der Waals surface area contributed by atoms with E-state index in [2.05, 4.69) is 18.4 Å². The predicted molar refractivity (Wildman–Crippen MR) is 95.1 cm³/mol. The third-order valence-corrected chi connectivity index (χ3v) is 3.16. The Kier molecular flexibility index (Phi) is 10.2. The largest absolute Gasteiger partial charge is 0.470 e. The summed E-state index contributed by atoms with van der Waals surface area (Å²) in [6.07, 6.45) is 0.687. The molecule has 0 bridgehead atoms. The summed E-state index contributed by atoms with van der Waals surface area (Å²) < 4.78 is 5.44. The van der Waals surface area contributed by atoms with Gasteiger partial charge in [-0.05, 0) is 31.1 Å². The number of rotatable bonds is 5. The van der Waals surface area contributed by atoms with Crippen molar-refractivity contribution in [2.24, 2.45) is 11.7 Å². The number of nitrogens with two attached hydrogens (primary N) is 1. The van der Waals surface area contributed by atoms with Crippen molar-refractivity contribution in [2.45, 2.75) is 13.3 Å². The molecule has 1 aromatic carbocycles. The number of Topliss-reactive ketones (excluding diaryl/α,β-unsaturated/α-hetero) is 1. The maximum atomic E-state index is 11.6. The molecule has 1 atom stereocenters. The number of ether oxygens (including phenoxy) is 1. The first-order valence-corrected chi connectivity index (χ1v) is 7.46. The molecular weight excluding hydrogens is 320 g/mol. The highest BCUT2D eigenvalue weighted by atomic mass is 32.1. The number of nitrogens with zero attached hydrogens (tertiary/aromatic N) is 1. The lowest BCUT2D eigenvalue weighted by molar-refractivity contribution is -0.121. The number of amides is 1. The summed E-state index contributed by atoms with van der Waals surface area (Å²) in [6.45, 7) is 1.93. The van der Waals surface area contributed by atoms with Gasteiger partial charge in [0.1, 0.15) is 12.4 Å². The van der Waals surface area contributed by atoms with E-state index in [1.807, 2.05) is 44.4 Å². The van der Waals surface area contributed by atoms with Crippen LogP contribution < -0.4 is 5.73 Å². The van der Waals surface area contributed by atoms with Gasteiger partial charge >= 0.3 is 0 Å². The van der Waals surface area contributed by atoms with Crippen molar-refractivity contribution in [2.75, 3.05) is 20.7 Å². The Balaban J connectivity index is 0.000000980. The average Bonchev–Trinajstić information content (AvgIpc) is 2.43. The summed E-state index contributed by atoms with van der Waals surface area (Å²) in [5.74, 6) is -0.0225. The lowest BCUT2D eigenvalue weighted by Gasteiger charge is -2.18. The van der Waals surface area contributed by atoms with Crippen molar-refractivity contribution in [3.63, 3.8) is 0 Å². The minimum absolute atomic E-state index is 0.125. The Morgan fingerprint density at radius 3 is 2.23 bits per heavy atom. The number of primary amides is 1. The maximum Gasteiger partial charge on any atom is 0.273 e. The van der Waals surface area contributed by atoms with E-state index in [4.69, 9.17) is 21.7 Å². The third-order valence-electron chi connectivity index (χ3n) is 2.67. The van der Waals surface area contributed by atoms with Crippen LogP contribution in [0.4, 0.5) is 4.79 Å². The van der Waals surface area contributed by atoms with Gasteiger partial charge in [0.25, 0.3) is 10.4 Å². The fraction of sp³-hybridized carbons (Fsp3) is 0.400. The molecule has 0 fully saturated rings. The van der Waals surface area contributed by atoms with Crippen molar-refractivity contribution < 1.29 is 14.3 Å². The minimum Gasteiger partial charge on any atom is -0.470 e. The number of hydrogen-bond donors (Lipinski definition) is 2. The van der Waals surface area contributed by atoms with E-state index in [9.17, 15) is 4.79 Å². The van der Waals surface area contributed by atoms with Crippen LogP contribution in [0, 0.1) is 5.92 Å². The first-order valence-electron chi connectivity index (χ1n) is 6.60. The molecule has 1 unspecified atom stereocenters. The van der Waals surface area contributed by atoms with Gasteiger partial charge in [-0.3, -0.25) is 9.59 Å².